The Morgan fingerprint density at radius 2 is 1.94 bits per heavy atom. The summed E-state index contributed by atoms with van der Waals surface area (Å²) in [6.07, 6.45) is 0.830. The molecular formula is C13H19N3O. The molecule has 1 atom stereocenters. The lowest BCUT2D eigenvalue weighted by molar-refractivity contribution is -0.119. The van der Waals surface area contributed by atoms with E-state index >= 15 is 0 Å². The van der Waals surface area contributed by atoms with Gasteiger partial charge in [-0.3, -0.25) is 4.79 Å². The molecule has 4 heteroatoms. The van der Waals surface area contributed by atoms with Gasteiger partial charge in [-0.25, -0.2) is 0 Å². The summed E-state index contributed by atoms with van der Waals surface area (Å²) >= 11 is 0. The van der Waals surface area contributed by atoms with Crippen LogP contribution in [0.1, 0.15) is 13.3 Å². The molecule has 2 N–H and O–H groups in total. The van der Waals surface area contributed by atoms with Crippen LogP contribution in [0.5, 0.6) is 0 Å². The van der Waals surface area contributed by atoms with Gasteiger partial charge in [-0.2, -0.15) is 0 Å². The maximum Gasteiger partial charge on any atom is 0.249 e. The fraction of sp³-hybridized carbons (Fsp3) is 0.462. The van der Waals surface area contributed by atoms with Gasteiger partial charge in [0.2, 0.25) is 5.91 Å². The van der Waals surface area contributed by atoms with Crippen molar-refractivity contribution in [2.75, 3.05) is 29.9 Å². The van der Waals surface area contributed by atoms with Crippen LogP contribution in [0.2, 0.25) is 0 Å². The molecule has 17 heavy (non-hydrogen) atoms. The Labute approximate surface area is 102 Å². The minimum Gasteiger partial charge on any atom is -0.361 e. The van der Waals surface area contributed by atoms with E-state index < -0.39 is 0 Å². The summed E-state index contributed by atoms with van der Waals surface area (Å²) in [7, 11) is 1.96. The lowest BCUT2D eigenvalue weighted by Crippen LogP contribution is -2.51. The van der Waals surface area contributed by atoms with Crippen LogP contribution in [-0.2, 0) is 4.79 Å². The number of nitrogens with zero attached hydrogens (tertiary/aromatic N) is 2. The molecular weight excluding hydrogens is 214 g/mol. The van der Waals surface area contributed by atoms with Crippen LogP contribution < -0.4 is 15.5 Å². The number of hydrogen-bond donors (Lipinski definition) is 1. The number of amides is 1. The van der Waals surface area contributed by atoms with E-state index in [1.807, 2.05) is 48.0 Å². The van der Waals surface area contributed by atoms with E-state index in [1.54, 1.807) is 0 Å². The normalized spacial score (nSPS) is 19.5. The molecule has 1 heterocycles. The van der Waals surface area contributed by atoms with Gasteiger partial charge in [-0.05, 0) is 32.0 Å². The van der Waals surface area contributed by atoms with Gasteiger partial charge in [0.15, 0.2) is 0 Å². The van der Waals surface area contributed by atoms with Gasteiger partial charge in [-0.1, -0.05) is 12.1 Å². The number of para-hydroxylation sites is 2. The van der Waals surface area contributed by atoms with Crippen LogP contribution in [0, 0.1) is 0 Å². The lowest BCUT2D eigenvalue weighted by Gasteiger charge is -2.39. The highest BCUT2D eigenvalue weighted by Gasteiger charge is 2.32. The molecule has 1 aliphatic rings. The van der Waals surface area contributed by atoms with Gasteiger partial charge < -0.3 is 15.5 Å². The summed E-state index contributed by atoms with van der Waals surface area (Å²) in [5, 5.41) is 0. The van der Waals surface area contributed by atoms with Crippen molar-refractivity contribution in [2.45, 2.75) is 19.4 Å². The first-order valence-electron chi connectivity index (χ1n) is 6.00. The Hall–Kier alpha value is -1.55. The zero-order valence-corrected chi connectivity index (χ0v) is 10.4. The van der Waals surface area contributed by atoms with Crippen molar-refractivity contribution in [1.82, 2.24) is 0 Å². The molecule has 0 fully saturated rings. The Kier molecular flexibility index (Phi) is 3.33. The third-order valence-electron chi connectivity index (χ3n) is 3.34. The number of anilines is 2. The summed E-state index contributed by atoms with van der Waals surface area (Å²) in [5.41, 5.74) is 7.62. The number of likely N-dealkylation sites (N-methyl/N-ethyl adjacent to an activating group) is 1. The Balaban J connectivity index is 2.38. The third kappa shape index (κ3) is 2.00. The molecule has 0 aliphatic carbocycles. The molecule has 0 saturated carbocycles. The van der Waals surface area contributed by atoms with Crippen LogP contribution in [0.15, 0.2) is 24.3 Å². The highest BCUT2D eigenvalue weighted by Crippen LogP contribution is 2.34. The Bertz CT molecular complexity index is 419. The van der Waals surface area contributed by atoms with E-state index in [4.69, 9.17) is 5.73 Å². The number of fused-ring (bicyclic) bond motifs is 1. The summed E-state index contributed by atoms with van der Waals surface area (Å²) in [6, 6.07) is 7.90. The Morgan fingerprint density at radius 1 is 1.29 bits per heavy atom. The minimum atomic E-state index is -0.109. The number of benzene rings is 1. The van der Waals surface area contributed by atoms with E-state index in [-0.39, 0.29) is 11.9 Å². The average molecular weight is 233 g/mol. The topological polar surface area (TPSA) is 49.6 Å². The first kappa shape index (κ1) is 11.9. The second kappa shape index (κ2) is 4.75. The average Bonchev–Trinajstić information content (AvgIpc) is 2.36. The van der Waals surface area contributed by atoms with E-state index in [0.29, 0.717) is 13.1 Å². The highest BCUT2D eigenvalue weighted by atomic mass is 16.2. The molecule has 1 amide bonds. The Morgan fingerprint density at radius 3 is 2.59 bits per heavy atom. The van der Waals surface area contributed by atoms with Crippen LogP contribution in [-0.4, -0.2) is 32.1 Å². The largest absolute Gasteiger partial charge is 0.361 e. The predicted molar refractivity (Wildman–Crippen MR) is 70.3 cm³/mol. The zero-order chi connectivity index (χ0) is 12.4. The van der Waals surface area contributed by atoms with E-state index in [2.05, 4.69) is 0 Å². The smallest absolute Gasteiger partial charge is 0.249 e. The van der Waals surface area contributed by atoms with Gasteiger partial charge >= 0.3 is 0 Å². The third-order valence-corrected chi connectivity index (χ3v) is 3.34. The van der Waals surface area contributed by atoms with Gasteiger partial charge in [0, 0.05) is 13.6 Å². The van der Waals surface area contributed by atoms with Crippen molar-refractivity contribution in [1.29, 1.82) is 0 Å². The second-order valence-corrected chi connectivity index (χ2v) is 4.41. The fourth-order valence-corrected chi connectivity index (χ4v) is 2.19. The minimum absolute atomic E-state index is 0.109. The molecule has 4 nitrogen and oxygen atoms in total. The highest BCUT2D eigenvalue weighted by molar-refractivity contribution is 6.05. The van der Waals surface area contributed by atoms with Crippen LogP contribution in [0.4, 0.5) is 11.4 Å². The first-order valence-corrected chi connectivity index (χ1v) is 6.00. The van der Waals surface area contributed by atoms with Gasteiger partial charge in [-0.15, -0.1) is 0 Å². The predicted octanol–water partition coefficient (Wildman–Crippen LogP) is 1.21. The molecule has 1 aliphatic heterocycles. The molecule has 0 spiro atoms. The molecule has 2 rings (SSSR count). The standard InChI is InChI=1S/C13H19N3O/c1-10-13(17)16(9-5-8-14)12-7-4-3-6-11(12)15(10)2/h3-4,6-7,10H,5,8-9,14H2,1-2H3. The number of hydrogen-bond acceptors (Lipinski definition) is 3. The van der Waals surface area contributed by atoms with Gasteiger partial charge in [0.1, 0.15) is 6.04 Å². The zero-order valence-electron chi connectivity index (χ0n) is 10.4. The molecule has 1 aromatic carbocycles. The number of carbonyl (C=O) groups excluding carboxylic acids is 1. The molecule has 0 aromatic heterocycles. The van der Waals surface area contributed by atoms with Crippen LogP contribution in [0.3, 0.4) is 0 Å². The maximum atomic E-state index is 12.2. The molecule has 0 saturated heterocycles. The van der Waals surface area contributed by atoms with E-state index in [1.165, 1.54) is 0 Å². The van der Waals surface area contributed by atoms with Crippen molar-refractivity contribution in [3.8, 4) is 0 Å². The molecule has 1 aromatic rings. The quantitative estimate of drug-likeness (QED) is 0.853. The molecule has 0 radical (unpaired) electrons. The van der Waals surface area contributed by atoms with Crippen molar-refractivity contribution in [3.63, 3.8) is 0 Å². The van der Waals surface area contributed by atoms with Crippen molar-refractivity contribution >= 4 is 17.3 Å². The number of carbonyl (C=O) groups is 1. The van der Waals surface area contributed by atoms with Crippen molar-refractivity contribution in [3.05, 3.63) is 24.3 Å². The monoisotopic (exact) mass is 233 g/mol. The van der Waals surface area contributed by atoms with Gasteiger partial charge in [0.05, 0.1) is 11.4 Å². The SMILES string of the molecule is CC1C(=O)N(CCCN)c2ccccc2N1C. The number of rotatable bonds is 3. The van der Waals surface area contributed by atoms with Crippen LogP contribution >= 0.6 is 0 Å². The molecule has 0 bridgehead atoms. The molecule has 92 valence electrons. The lowest BCUT2D eigenvalue weighted by atomic mass is 10.1. The second-order valence-electron chi connectivity index (χ2n) is 4.41. The van der Waals surface area contributed by atoms with E-state index in [9.17, 15) is 4.79 Å². The molecule has 1 unspecified atom stereocenters. The summed E-state index contributed by atoms with van der Waals surface area (Å²) < 4.78 is 0. The summed E-state index contributed by atoms with van der Waals surface area (Å²) in [4.78, 5) is 16.1. The maximum absolute atomic E-state index is 12.2. The van der Waals surface area contributed by atoms with E-state index in [0.717, 1.165) is 17.8 Å². The van der Waals surface area contributed by atoms with Crippen molar-refractivity contribution in [2.24, 2.45) is 5.73 Å². The summed E-state index contributed by atoms with van der Waals surface area (Å²) in [6.45, 7) is 3.24. The van der Waals surface area contributed by atoms with Crippen molar-refractivity contribution < 1.29 is 4.79 Å². The first-order chi connectivity index (χ1) is 8.16. The van der Waals surface area contributed by atoms with Crippen LogP contribution in [0.25, 0.3) is 0 Å². The van der Waals surface area contributed by atoms with Gasteiger partial charge in [0.25, 0.3) is 0 Å². The summed E-state index contributed by atoms with van der Waals surface area (Å²) in [5.74, 6) is 0.152. The number of nitrogens with two attached hydrogens (primary N) is 1. The fourth-order valence-electron chi connectivity index (χ4n) is 2.19.